The number of pyridine rings is 1. The zero-order valence-corrected chi connectivity index (χ0v) is 10.4. The van der Waals surface area contributed by atoms with Gasteiger partial charge in [-0.3, -0.25) is 4.98 Å². The molecule has 18 heavy (non-hydrogen) atoms. The van der Waals surface area contributed by atoms with Crippen LogP contribution in [0.1, 0.15) is 30.9 Å². The highest BCUT2D eigenvalue weighted by atomic mass is 19.1. The van der Waals surface area contributed by atoms with Gasteiger partial charge in [-0.2, -0.15) is 0 Å². The Hall–Kier alpha value is -1.75. The fraction of sp³-hybridized carbons (Fsp3) is 0.385. The zero-order valence-electron chi connectivity index (χ0n) is 10.4. The number of halogens is 1. The highest BCUT2D eigenvalue weighted by Crippen LogP contribution is 2.09. The van der Waals surface area contributed by atoms with Crippen LogP contribution in [0.2, 0.25) is 0 Å². The lowest BCUT2D eigenvalue weighted by molar-refractivity contribution is 0.540. The van der Waals surface area contributed by atoms with Crippen molar-refractivity contribution in [2.75, 3.05) is 6.54 Å². The third kappa shape index (κ3) is 3.63. The Kier molecular flexibility index (Phi) is 4.41. The van der Waals surface area contributed by atoms with E-state index in [-0.39, 0.29) is 11.9 Å². The van der Waals surface area contributed by atoms with Crippen molar-refractivity contribution in [3.8, 4) is 0 Å². The van der Waals surface area contributed by atoms with Gasteiger partial charge in [0.15, 0.2) is 0 Å². The van der Waals surface area contributed by atoms with Gasteiger partial charge < -0.3 is 10.3 Å². The summed E-state index contributed by atoms with van der Waals surface area (Å²) in [6, 6.07) is 3.27. The van der Waals surface area contributed by atoms with E-state index >= 15 is 0 Å². The number of nitrogens with one attached hydrogen (secondary N) is 2. The van der Waals surface area contributed by atoms with Gasteiger partial charge in [-0.15, -0.1) is 0 Å². The summed E-state index contributed by atoms with van der Waals surface area (Å²) in [4.78, 5) is 11.3. The number of aromatic nitrogens is 3. The van der Waals surface area contributed by atoms with Crippen molar-refractivity contribution < 1.29 is 4.39 Å². The molecular weight excluding hydrogens is 231 g/mol. The molecule has 0 aliphatic heterocycles. The van der Waals surface area contributed by atoms with Gasteiger partial charge >= 0.3 is 0 Å². The molecule has 1 unspecified atom stereocenters. The molecule has 0 aliphatic rings. The average molecular weight is 248 g/mol. The van der Waals surface area contributed by atoms with Gasteiger partial charge in [0, 0.05) is 24.9 Å². The third-order valence-electron chi connectivity index (χ3n) is 2.79. The summed E-state index contributed by atoms with van der Waals surface area (Å²) in [5, 5.41) is 3.35. The van der Waals surface area contributed by atoms with Crippen molar-refractivity contribution in [3.05, 3.63) is 48.1 Å². The number of rotatable bonds is 6. The predicted octanol–water partition coefficient (Wildman–Crippen LogP) is 2.23. The van der Waals surface area contributed by atoms with Gasteiger partial charge in [-0.05, 0) is 32.0 Å². The molecule has 96 valence electrons. The van der Waals surface area contributed by atoms with E-state index in [4.69, 9.17) is 0 Å². The second kappa shape index (κ2) is 6.26. The van der Waals surface area contributed by atoms with E-state index in [1.54, 1.807) is 12.3 Å². The van der Waals surface area contributed by atoms with Gasteiger partial charge in [-0.25, -0.2) is 9.37 Å². The first-order valence-electron chi connectivity index (χ1n) is 6.09. The highest BCUT2D eigenvalue weighted by Gasteiger charge is 2.05. The maximum atomic E-state index is 12.7. The molecule has 0 aromatic carbocycles. The van der Waals surface area contributed by atoms with Gasteiger partial charge in [0.05, 0.1) is 11.9 Å². The molecule has 2 N–H and O–H groups in total. The Morgan fingerprint density at radius 1 is 1.39 bits per heavy atom. The van der Waals surface area contributed by atoms with Crippen molar-refractivity contribution in [1.82, 2.24) is 20.3 Å². The van der Waals surface area contributed by atoms with Gasteiger partial charge in [0.1, 0.15) is 11.6 Å². The van der Waals surface area contributed by atoms with E-state index in [2.05, 4.69) is 20.3 Å². The van der Waals surface area contributed by atoms with E-state index in [0.717, 1.165) is 30.9 Å². The van der Waals surface area contributed by atoms with Crippen LogP contribution in [0.25, 0.3) is 0 Å². The molecule has 2 rings (SSSR count). The highest BCUT2D eigenvalue weighted by molar-refractivity contribution is 5.08. The Morgan fingerprint density at radius 2 is 2.28 bits per heavy atom. The minimum atomic E-state index is -0.302. The van der Waals surface area contributed by atoms with E-state index in [1.807, 2.05) is 13.1 Å². The predicted molar refractivity (Wildman–Crippen MR) is 67.5 cm³/mol. The number of hydrogen-bond acceptors (Lipinski definition) is 3. The second-order valence-corrected chi connectivity index (χ2v) is 4.22. The second-order valence-electron chi connectivity index (χ2n) is 4.22. The quantitative estimate of drug-likeness (QED) is 0.771. The minimum Gasteiger partial charge on any atom is -0.349 e. The number of nitrogens with zero attached hydrogens (tertiary/aromatic N) is 2. The van der Waals surface area contributed by atoms with Crippen LogP contribution in [0.15, 0.2) is 30.7 Å². The summed E-state index contributed by atoms with van der Waals surface area (Å²) in [6.45, 7) is 2.90. The summed E-state index contributed by atoms with van der Waals surface area (Å²) in [7, 11) is 0. The summed E-state index contributed by atoms with van der Waals surface area (Å²) in [5.41, 5.74) is 0.856. The Labute approximate surface area is 106 Å². The van der Waals surface area contributed by atoms with Gasteiger partial charge in [0.25, 0.3) is 0 Å². The molecule has 0 amide bonds. The number of hydrogen-bond donors (Lipinski definition) is 2. The Bertz CT molecular complexity index is 452. The number of imidazole rings is 1. The van der Waals surface area contributed by atoms with Crippen LogP contribution in [0.5, 0.6) is 0 Å². The van der Waals surface area contributed by atoms with Gasteiger partial charge in [-0.1, -0.05) is 0 Å². The Balaban J connectivity index is 1.71. The lowest BCUT2D eigenvalue weighted by Gasteiger charge is -2.12. The topological polar surface area (TPSA) is 53.6 Å². The van der Waals surface area contributed by atoms with Crippen molar-refractivity contribution in [2.24, 2.45) is 0 Å². The van der Waals surface area contributed by atoms with Gasteiger partial charge in [0.2, 0.25) is 0 Å². The summed E-state index contributed by atoms with van der Waals surface area (Å²) < 4.78 is 12.7. The van der Waals surface area contributed by atoms with E-state index in [9.17, 15) is 4.39 Å². The first-order chi connectivity index (χ1) is 8.75. The summed E-state index contributed by atoms with van der Waals surface area (Å²) in [5.74, 6) is 0.702. The van der Waals surface area contributed by atoms with Crippen LogP contribution >= 0.6 is 0 Å². The SMILES string of the molecule is CC(NCCCc1ncc[nH]1)c1ccc(F)cn1. The smallest absolute Gasteiger partial charge is 0.141 e. The maximum absolute atomic E-state index is 12.7. The standard InChI is InChI=1S/C13H17FN4/c1-10(12-5-4-11(14)9-18-12)15-6-2-3-13-16-7-8-17-13/h4-5,7-10,15H,2-3,6H2,1H3,(H,16,17). The molecule has 0 radical (unpaired) electrons. The van der Waals surface area contributed by atoms with Crippen LogP contribution in [0, 0.1) is 5.82 Å². The first-order valence-corrected chi connectivity index (χ1v) is 6.09. The van der Waals surface area contributed by atoms with E-state index < -0.39 is 0 Å². The van der Waals surface area contributed by atoms with Crippen molar-refractivity contribution in [1.29, 1.82) is 0 Å². The van der Waals surface area contributed by atoms with Crippen LogP contribution in [-0.2, 0) is 6.42 Å². The normalized spacial score (nSPS) is 12.6. The monoisotopic (exact) mass is 248 g/mol. The van der Waals surface area contributed by atoms with Crippen LogP contribution < -0.4 is 5.32 Å². The molecule has 0 aliphatic carbocycles. The fourth-order valence-corrected chi connectivity index (χ4v) is 1.76. The average Bonchev–Trinajstić information content (AvgIpc) is 2.88. The van der Waals surface area contributed by atoms with Crippen molar-refractivity contribution in [3.63, 3.8) is 0 Å². The molecule has 2 aromatic rings. The molecule has 0 saturated heterocycles. The zero-order chi connectivity index (χ0) is 12.8. The van der Waals surface area contributed by atoms with Crippen LogP contribution in [0.3, 0.4) is 0 Å². The molecule has 0 fully saturated rings. The molecule has 1 atom stereocenters. The molecular formula is C13H17FN4. The summed E-state index contributed by atoms with van der Waals surface area (Å²) in [6.07, 6.45) is 6.75. The first kappa shape index (κ1) is 12.7. The summed E-state index contributed by atoms with van der Waals surface area (Å²) >= 11 is 0. The van der Waals surface area contributed by atoms with Crippen LogP contribution in [-0.4, -0.2) is 21.5 Å². The maximum Gasteiger partial charge on any atom is 0.141 e. The van der Waals surface area contributed by atoms with Crippen molar-refractivity contribution >= 4 is 0 Å². The van der Waals surface area contributed by atoms with E-state index in [1.165, 1.54) is 12.3 Å². The lowest BCUT2D eigenvalue weighted by atomic mass is 10.2. The number of H-pyrrole nitrogens is 1. The molecule has 0 bridgehead atoms. The largest absolute Gasteiger partial charge is 0.349 e. The molecule has 4 nitrogen and oxygen atoms in total. The molecule has 0 saturated carbocycles. The van der Waals surface area contributed by atoms with Crippen molar-refractivity contribution in [2.45, 2.75) is 25.8 Å². The molecule has 2 heterocycles. The fourth-order valence-electron chi connectivity index (χ4n) is 1.76. The minimum absolute atomic E-state index is 0.127. The molecule has 2 aromatic heterocycles. The Morgan fingerprint density at radius 3 is 2.94 bits per heavy atom. The van der Waals surface area contributed by atoms with E-state index in [0.29, 0.717) is 0 Å². The molecule has 5 heteroatoms. The number of aromatic amines is 1. The molecule has 0 spiro atoms. The number of aryl methyl sites for hydroxylation is 1. The lowest BCUT2D eigenvalue weighted by Crippen LogP contribution is -2.21. The van der Waals surface area contributed by atoms with Crippen LogP contribution in [0.4, 0.5) is 4.39 Å². The third-order valence-corrected chi connectivity index (χ3v) is 2.79.